The summed E-state index contributed by atoms with van der Waals surface area (Å²) in [6.07, 6.45) is 5.75. The van der Waals surface area contributed by atoms with Gasteiger partial charge >= 0.3 is 6.15 Å². The number of carbonyl (C=O) groups excluding carboxylic acids is 2. The van der Waals surface area contributed by atoms with Gasteiger partial charge < -0.3 is 4.40 Å². The summed E-state index contributed by atoms with van der Waals surface area (Å²) in [5.41, 5.74) is 6.20. The molecule has 4 aromatic rings. The maximum absolute atomic E-state index is 8.75. The van der Waals surface area contributed by atoms with Gasteiger partial charge in [-0.05, 0) is 48.4 Å². The molecule has 0 aliphatic carbocycles. The van der Waals surface area contributed by atoms with E-state index in [0.717, 1.165) is 4.88 Å². The first kappa shape index (κ1) is 19.1. The van der Waals surface area contributed by atoms with Gasteiger partial charge in [0, 0.05) is 28.2 Å². The zero-order chi connectivity index (χ0) is 19.9. The Morgan fingerprint density at radius 2 is 1.71 bits per heavy atom. The van der Waals surface area contributed by atoms with E-state index in [1.54, 1.807) is 11.3 Å². The van der Waals surface area contributed by atoms with E-state index in [0.29, 0.717) is 0 Å². The van der Waals surface area contributed by atoms with Crippen LogP contribution >= 0.6 is 11.3 Å². The minimum Gasteiger partial charge on any atom is -0.315 e. The fraction of sp³-hybridized carbons (Fsp3) is 0.0435. The van der Waals surface area contributed by atoms with E-state index < -0.39 is 0 Å². The van der Waals surface area contributed by atoms with Crippen LogP contribution in [0.25, 0.3) is 33.3 Å². The second-order valence-electron chi connectivity index (χ2n) is 5.92. The zero-order valence-corrected chi connectivity index (χ0v) is 15.9. The number of rotatable bonds is 3. The molecule has 0 unspecified atom stereocenters. The van der Waals surface area contributed by atoms with Gasteiger partial charge in [-0.2, -0.15) is 14.9 Å². The largest absolute Gasteiger partial charge is 0.373 e. The third kappa shape index (κ3) is 3.70. The topological polar surface area (TPSA) is 62.3 Å². The Kier molecular flexibility index (Phi) is 5.98. The SMILES string of the molecule is Cc1c(-c2ccccc2)c(-c2ccc(/C=C\C#N)s2)n2ccccc12.O=C=O. The van der Waals surface area contributed by atoms with Crippen LogP contribution in [0.1, 0.15) is 10.4 Å². The number of fused-ring (bicyclic) bond motifs is 1. The summed E-state index contributed by atoms with van der Waals surface area (Å²) in [4.78, 5) is 18.5. The number of benzene rings is 1. The molecule has 0 saturated carbocycles. The summed E-state index contributed by atoms with van der Waals surface area (Å²) in [5, 5.41) is 8.75. The van der Waals surface area contributed by atoms with Crippen molar-refractivity contribution in [1.29, 1.82) is 5.26 Å². The maximum Gasteiger partial charge on any atom is 0.373 e. The third-order valence-corrected chi connectivity index (χ3v) is 5.40. The van der Waals surface area contributed by atoms with Crippen molar-refractivity contribution in [3.63, 3.8) is 0 Å². The number of thiophene rings is 1. The normalized spacial score (nSPS) is 10.3. The molecule has 0 radical (unpaired) electrons. The van der Waals surface area contributed by atoms with Crippen molar-refractivity contribution >= 4 is 29.1 Å². The monoisotopic (exact) mass is 384 g/mol. The van der Waals surface area contributed by atoms with Crippen molar-refractivity contribution in [2.45, 2.75) is 6.92 Å². The van der Waals surface area contributed by atoms with E-state index in [1.165, 1.54) is 38.9 Å². The highest BCUT2D eigenvalue weighted by molar-refractivity contribution is 7.16. The summed E-state index contributed by atoms with van der Waals surface area (Å²) < 4.78 is 2.27. The van der Waals surface area contributed by atoms with Crippen molar-refractivity contribution in [2.24, 2.45) is 0 Å². The van der Waals surface area contributed by atoms with Crippen molar-refractivity contribution in [1.82, 2.24) is 4.40 Å². The molecule has 0 atom stereocenters. The lowest BCUT2D eigenvalue weighted by molar-refractivity contribution is -0.191. The lowest BCUT2D eigenvalue weighted by Gasteiger charge is -2.06. The predicted octanol–water partition coefficient (Wildman–Crippen LogP) is 5.60. The minimum atomic E-state index is 0.250. The van der Waals surface area contributed by atoms with Crippen LogP contribution < -0.4 is 0 Å². The van der Waals surface area contributed by atoms with Crippen LogP contribution in [0.5, 0.6) is 0 Å². The molecule has 136 valence electrons. The van der Waals surface area contributed by atoms with Crippen LogP contribution in [0.15, 0.2) is 72.9 Å². The third-order valence-electron chi connectivity index (χ3n) is 4.34. The van der Waals surface area contributed by atoms with Gasteiger partial charge in [0.1, 0.15) is 0 Å². The van der Waals surface area contributed by atoms with Crippen molar-refractivity contribution in [2.75, 3.05) is 0 Å². The van der Waals surface area contributed by atoms with Gasteiger partial charge in [0.25, 0.3) is 0 Å². The number of nitrogens with zero attached hydrogens (tertiary/aromatic N) is 2. The average Bonchev–Trinajstić information content (AvgIpc) is 3.30. The fourth-order valence-electron chi connectivity index (χ4n) is 3.26. The lowest BCUT2D eigenvalue weighted by Crippen LogP contribution is -1.86. The van der Waals surface area contributed by atoms with E-state index in [-0.39, 0.29) is 6.15 Å². The summed E-state index contributed by atoms with van der Waals surface area (Å²) in [6.45, 7) is 2.19. The average molecular weight is 384 g/mol. The Balaban J connectivity index is 0.000000706. The van der Waals surface area contributed by atoms with E-state index in [2.05, 4.69) is 78.2 Å². The molecule has 0 bridgehead atoms. The van der Waals surface area contributed by atoms with Crippen LogP contribution in [0.3, 0.4) is 0 Å². The van der Waals surface area contributed by atoms with Gasteiger partial charge in [-0.15, -0.1) is 11.3 Å². The van der Waals surface area contributed by atoms with E-state index >= 15 is 0 Å². The predicted molar refractivity (Wildman–Crippen MR) is 111 cm³/mol. The van der Waals surface area contributed by atoms with Gasteiger partial charge in [-0.3, -0.25) is 0 Å². The molecule has 4 nitrogen and oxygen atoms in total. The Bertz CT molecular complexity index is 1200. The van der Waals surface area contributed by atoms with Crippen LogP contribution in [0, 0.1) is 18.3 Å². The number of hydrogen-bond donors (Lipinski definition) is 0. The number of aryl methyl sites for hydroxylation is 1. The molecule has 3 heterocycles. The number of pyridine rings is 1. The van der Waals surface area contributed by atoms with Gasteiger partial charge in [0.2, 0.25) is 0 Å². The molecule has 0 spiro atoms. The molecule has 0 aliphatic rings. The van der Waals surface area contributed by atoms with Gasteiger partial charge in [0.05, 0.1) is 16.6 Å². The number of allylic oxidation sites excluding steroid dienone is 1. The highest BCUT2D eigenvalue weighted by atomic mass is 32.1. The maximum atomic E-state index is 8.75. The second kappa shape index (κ2) is 8.79. The molecular formula is C23H16N2O2S. The molecular weight excluding hydrogens is 368 g/mol. The Hall–Kier alpha value is -3.71. The molecule has 1 aromatic carbocycles. The molecule has 3 aromatic heterocycles. The second-order valence-corrected chi connectivity index (χ2v) is 7.03. The van der Waals surface area contributed by atoms with Crippen molar-refractivity contribution in [3.05, 3.63) is 83.4 Å². The van der Waals surface area contributed by atoms with Crippen LogP contribution in [0.2, 0.25) is 0 Å². The first-order chi connectivity index (χ1) is 13.7. The number of nitriles is 1. The molecule has 4 rings (SSSR count). The number of hydrogen-bond acceptors (Lipinski definition) is 4. The highest BCUT2D eigenvalue weighted by Crippen LogP contribution is 2.41. The molecule has 28 heavy (non-hydrogen) atoms. The Morgan fingerprint density at radius 3 is 2.43 bits per heavy atom. The smallest absolute Gasteiger partial charge is 0.315 e. The molecule has 0 aliphatic heterocycles. The molecule has 0 N–H and O–H groups in total. The summed E-state index contributed by atoms with van der Waals surface area (Å²) in [5.74, 6) is 0. The fourth-order valence-corrected chi connectivity index (χ4v) is 4.22. The first-order valence-electron chi connectivity index (χ1n) is 8.52. The van der Waals surface area contributed by atoms with E-state index in [1.807, 2.05) is 12.1 Å². The van der Waals surface area contributed by atoms with Crippen molar-refractivity contribution in [3.8, 4) is 27.8 Å². The van der Waals surface area contributed by atoms with E-state index in [4.69, 9.17) is 14.9 Å². The van der Waals surface area contributed by atoms with E-state index in [9.17, 15) is 0 Å². The lowest BCUT2D eigenvalue weighted by atomic mass is 10.0. The first-order valence-corrected chi connectivity index (χ1v) is 9.33. The summed E-state index contributed by atoms with van der Waals surface area (Å²) in [6, 6.07) is 23.1. The standard InChI is InChI=1S/C22H16N2S.CO2/c1-16-19-11-5-6-15-24(19)22(21(16)17-8-3-2-4-9-17)20-13-12-18(25-20)10-7-14-23;2-1-3/h2-13,15H,1H3;/b10-7-;. The Morgan fingerprint density at radius 1 is 1.00 bits per heavy atom. The van der Waals surface area contributed by atoms with Gasteiger partial charge in [-0.25, -0.2) is 0 Å². The molecule has 5 heteroatoms. The van der Waals surface area contributed by atoms with Gasteiger partial charge in [0.15, 0.2) is 0 Å². The van der Waals surface area contributed by atoms with Crippen molar-refractivity contribution < 1.29 is 9.59 Å². The van der Waals surface area contributed by atoms with Crippen LogP contribution in [-0.2, 0) is 9.59 Å². The van der Waals surface area contributed by atoms with Crippen LogP contribution in [0.4, 0.5) is 0 Å². The summed E-state index contributed by atoms with van der Waals surface area (Å²) >= 11 is 1.70. The molecule has 0 amide bonds. The molecule has 0 fully saturated rings. The number of aromatic nitrogens is 1. The van der Waals surface area contributed by atoms with Crippen LogP contribution in [-0.4, -0.2) is 10.6 Å². The van der Waals surface area contributed by atoms with Gasteiger partial charge in [-0.1, -0.05) is 36.4 Å². The zero-order valence-electron chi connectivity index (χ0n) is 15.1. The summed E-state index contributed by atoms with van der Waals surface area (Å²) in [7, 11) is 0. The highest BCUT2D eigenvalue weighted by Gasteiger charge is 2.19. The minimum absolute atomic E-state index is 0.250. The molecule has 0 saturated heterocycles. The quantitative estimate of drug-likeness (QED) is 0.432. The Labute approximate surface area is 166 Å².